The highest BCUT2D eigenvalue weighted by atomic mass is 32.1. The van der Waals surface area contributed by atoms with Crippen LogP contribution < -0.4 is 0 Å². The van der Waals surface area contributed by atoms with Gasteiger partial charge < -0.3 is 5.11 Å². The second-order valence-electron chi connectivity index (χ2n) is 2.68. The monoisotopic (exact) mass is 192 g/mol. The third-order valence-electron chi connectivity index (χ3n) is 1.62. The largest absolute Gasteiger partial charge is 0.508 e. The molecule has 1 aromatic heterocycles. The first-order valence-electron chi connectivity index (χ1n) is 3.85. The second-order valence-corrected chi connectivity index (χ2v) is 3.86. The van der Waals surface area contributed by atoms with Crippen LogP contribution in [0.1, 0.15) is 5.01 Å². The van der Waals surface area contributed by atoms with Gasteiger partial charge in [-0.3, -0.25) is 0 Å². The summed E-state index contributed by atoms with van der Waals surface area (Å²) < 4.78 is 0. The van der Waals surface area contributed by atoms with E-state index in [1.54, 1.807) is 18.2 Å². The molecule has 1 heterocycles. The molecule has 66 valence electrons. The quantitative estimate of drug-likeness (QED) is 0.753. The highest BCUT2D eigenvalue weighted by Crippen LogP contribution is 2.25. The lowest BCUT2D eigenvalue weighted by molar-refractivity contribution is 0.475. The smallest absolute Gasteiger partial charge is 0.147 e. The Morgan fingerprint density at radius 1 is 1.31 bits per heavy atom. The summed E-state index contributed by atoms with van der Waals surface area (Å²) in [4.78, 5) is 0. The molecule has 0 unspecified atom stereocenters. The van der Waals surface area contributed by atoms with Crippen molar-refractivity contribution in [1.82, 2.24) is 10.2 Å². The number of benzene rings is 1. The van der Waals surface area contributed by atoms with Crippen LogP contribution in [0.2, 0.25) is 0 Å². The van der Waals surface area contributed by atoms with E-state index in [9.17, 15) is 5.11 Å². The Morgan fingerprint density at radius 3 is 2.77 bits per heavy atom. The Morgan fingerprint density at radius 2 is 2.15 bits per heavy atom. The zero-order chi connectivity index (χ0) is 9.26. The first-order chi connectivity index (χ1) is 6.25. The van der Waals surface area contributed by atoms with Gasteiger partial charge >= 0.3 is 0 Å². The molecule has 0 aliphatic rings. The van der Waals surface area contributed by atoms with Crippen LogP contribution in [0.5, 0.6) is 5.75 Å². The molecule has 0 aliphatic heterocycles. The van der Waals surface area contributed by atoms with Gasteiger partial charge in [0.2, 0.25) is 0 Å². The molecule has 0 saturated carbocycles. The van der Waals surface area contributed by atoms with Gasteiger partial charge in [0.15, 0.2) is 0 Å². The number of phenolic OH excluding ortho intramolecular Hbond substituents is 1. The predicted molar refractivity (Wildman–Crippen MR) is 51.7 cm³/mol. The van der Waals surface area contributed by atoms with Crippen LogP contribution in [0.3, 0.4) is 0 Å². The summed E-state index contributed by atoms with van der Waals surface area (Å²) in [7, 11) is 0. The third-order valence-corrected chi connectivity index (χ3v) is 2.51. The van der Waals surface area contributed by atoms with E-state index in [-0.39, 0.29) is 5.75 Å². The third kappa shape index (κ3) is 1.67. The van der Waals surface area contributed by atoms with Crippen LogP contribution in [0.4, 0.5) is 0 Å². The molecule has 0 bridgehead atoms. The lowest BCUT2D eigenvalue weighted by Crippen LogP contribution is -1.75. The summed E-state index contributed by atoms with van der Waals surface area (Å²) in [6.07, 6.45) is 0. The fraction of sp³-hybridized carbons (Fsp3) is 0.111. The lowest BCUT2D eigenvalue weighted by Gasteiger charge is -1.94. The van der Waals surface area contributed by atoms with Gasteiger partial charge in [-0.15, -0.1) is 10.2 Å². The van der Waals surface area contributed by atoms with Gasteiger partial charge in [-0.25, -0.2) is 0 Å². The minimum atomic E-state index is 0.255. The number of phenols is 1. The van der Waals surface area contributed by atoms with Crippen molar-refractivity contribution in [2.75, 3.05) is 0 Å². The van der Waals surface area contributed by atoms with Gasteiger partial charge in [0, 0.05) is 5.56 Å². The summed E-state index contributed by atoms with van der Waals surface area (Å²) in [5.41, 5.74) is 0.908. The highest BCUT2D eigenvalue weighted by molar-refractivity contribution is 7.14. The van der Waals surface area contributed by atoms with Gasteiger partial charge in [-0.2, -0.15) is 0 Å². The van der Waals surface area contributed by atoms with Crippen molar-refractivity contribution < 1.29 is 5.11 Å². The van der Waals surface area contributed by atoms with Crippen molar-refractivity contribution in [3.05, 3.63) is 29.3 Å². The number of hydrogen-bond donors (Lipinski definition) is 1. The normalized spacial score (nSPS) is 10.2. The standard InChI is InChI=1S/C9H8N2OS/c1-6-10-11-9(13-6)7-3-2-4-8(12)5-7/h2-5,12H,1H3. The molecule has 0 aliphatic carbocycles. The molecule has 0 radical (unpaired) electrons. The fourth-order valence-corrected chi connectivity index (χ4v) is 1.74. The Kier molecular flexibility index (Phi) is 1.98. The Hall–Kier alpha value is -1.42. The van der Waals surface area contributed by atoms with E-state index in [0.29, 0.717) is 0 Å². The molecule has 2 aromatic rings. The molecule has 1 aromatic carbocycles. The molecule has 3 nitrogen and oxygen atoms in total. The van der Waals surface area contributed by atoms with Crippen molar-refractivity contribution in [3.8, 4) is 16.3 Å². The molecule has 0 amide bonds. The maximum absolute atomic E-state index is 9.24. The predicted octanol–water partition coefficient (Wildman–Crippen LogP) is 2.22. The van der Waals surface area contributed by atoms with Gasteiger partial charge in [0.05, 0.1) is 0 Å². The molecule has 0 spiro atoms. The Labute approximate surface area is 79.7 Å². The molecular formula is C9H8N2OS. The lowest BCUT2D eigenvalue weighted by atomic mass is 10.2. The van der Waals surface area contributed by atoms with E-state index >= 15 is 0 Å². The number of hydrogen-bond acceptors (Lipinski definition) is 4. The van der Waals surface area contributed by atoms with Crippen LogP contribution in [0, 0.1) is 6.92 Å². The molecule has 0 atom stereocenters. The Balaban J connectivity index is 2.46. The second kappa shape index (κ2) is 3.14. The number of aryl methyl sites for hydroxylation is 1. The van der Waals surface area contributed by atoms with Crippen molar-refractivity contribution in [2.24, 2.45) is 0 Å². The number of aromatic hydroxyl groups is 1. The molecule has 0 saturated heterocycles. The number of nitrogens with zero attached hydrogens (tertiary/aromatic N) is 2. The highest BCUT2D eigenvalue weighted by Gasteiger charge is 2.03. The zero-order valence-corrected chi connectivity index (χ0v) is 7.88. The summed E-state index contributed by atoms with van der Waals surface area (Å²) in [6.45, 7) is 1.91. The van der Waals surface area contributed by atoms with Crippen LogP contribution in [0.15, 0.2) is 24.3 Å². The molecule has 1 N–H and O–H groups in total. The van der Waals surface area contributed by atoms with E-state index < -0.39 is 0 Å². The maximum atomic E-state index is 9.24. The maximum Gasteiger partial charge on any atom is 0.147 e. The van der Waals surface area contributed by atoms with Crippen molar-refractivity contribution in [2.45, 2.75) is 6.92 Å². The Bertz CT molecular complexity index is 425. The van der Waals surface area contributed by atoms with Gasteiger partial charge in [0.1, 0.15) is 15.8 Å². The van der Waals surface area contributed by atoms with Crippen LogP contribution in [-0.2, 0) is 0 Å². The molecule has 2 rings (SSSR count). The van der Waals surface area contributed by atoms with E-state index in [0.717, 1.165) is 15.6 Å². The first kappa shape index (κ1) is 8.19. The van der Waals surface area contributed by atoms with Gasteiger partial charge in [-0.1, -0.05) is 23.5 Å². The topological polar surface area (TPSA) is 46.0 Å². The summed E-state index contributed by atoms with van der Waals surface area (Å²) in [5.74, 6) is 0.255. The van der Waals surface area contributed by atoms with E-state index in [1.807, 2.05) is 13.0 Å². The summed E-state index contributed by atoms with van der Waals surface area (Å²) in [6, 6.07) is 7.01. The molecule has 4 heteroatoms. The van der Waals surface area contributed by atoms with Crippen molar-refractivity contribution in [3.63, 3.8) is 0 Å². The van der Waals surface area contributed by atoms with E-state index in [2.05, 4.69) is 10.2 Å². The van der Waals surface area contributed by atoms with Gasteiger partial charge in [-0.05, 0) is 19.1 Å². The minimum Gasteiger partial charge on any atom is -0.508 e. The molecular weight excluding hydrogens is 184 g/mol. The minimum absolute atomic E-state index is 0.255. The van der Waals surface area contributed by atoms with E-state index in [4.69, 9.17) is 0 Å². The average molecular weight is 192 g/mol. The van der Waals surface area contributed by atoms with E-state index in [1.165, 1.54) is 11.3 Å². The van der Waals surface area contributed by atoms with Crippen LogP contribution >= 0.6 is 11.3 Å². The molecule has 13 heavy (non-hydrogen) atoms. The number of rotatable bonds is 1. The number of aromatic nitrogens is 2. The zero-order valence-electron chi connectivity index (χ0n) is 7.06. The summed E-state index contributed by atoms with van der Waals surface area (Å²) in [5, 5.41) is 18.9. The SMILES string of the molecule is Cc1nnc(-c2cccc(O)c2)s1. The summed E-state index contributed by atoms with van der Waals surface area (Å²) >= 11 is 1.52. The van der Waals surface area contributed by atoms with Crippen LogP contribution in [0.25, 0.3) is 10.6 Å². The first-order valence-corrected chi connectivity index (χ1v) is 4.67. The van der Waals surface area contributed by atoms with Crippen molar-refractivity contribution >= 4 is 11.3 Å². The van der Waals surface area contributed by atoms with Crippen LogP contribution in [-0.4, -0.2) is 15.3 Å². The average Bonchev–Trinajstić information content (AvgIpc) is 2.52. The van der Waals surface area contributed by atoms with Crippen molar-refractivity contribution in [1.29, 1.82) is 0 Å². The van der Waals surface area contributed by atoms with Gasteiger partial charge in [0.25, 0.3) is 0 Å². The molecule has 0 fully saturated rings. The fourth-order valence-electron chi connectivity index (χ4n) is 1.05.